The van der Waals surface area contributed by atoms with E-state index in [1.54, 1.807) is 18.3 Å². The van der Waals surface area contributed by atoms with E-state index in [0.717, 1.165) is 39.1 Å². The number of hydrogen-bond acceptors (Lipinski definition) is 5. The number of para-hydroxylation sites is 1. The van der Waals surface area contributed by atoms with Crippen LogP contribution < -0.4 is 10.1 Å². The second-order valence-corrected chi connectivity index (χ2v) is 6.89. The van der Waals surface area contributed by atoms with Crippen LogP contribution in [0.4, 0.5) is 0 Å². The molecule has 146 valence electrons. The zero-order valence-electron chi connectivity index (χ0n) is 16.5. The average molecular weight is 386 g/mol. The van der Waals surface area contributed by atoms with E-state index in [2.05, 4.69) is 20.3 Å². The number of hydrogen-bond donors (Lipinski definition) is 1. The average Bonchev–Trinajstić information content (AvgIpc) is 2.74. The SMILES string of the molecule is Cc1nc2ccc(C(=O)NCCCOc3cccc4cccnc34)cc2nc1C. The molecule has 0 spiro atoms. The van der Waals surface area contributed by atoms with E-state index >= 15 is 0 Å². The molecule has 0 aliphatic rings. The first kappa shape index (κ1) is 18.8. The third-order valence-electron chi connectivity index (χ3n) is 4.80. The van der Waals surface area contributed by atoms with Crippen molar-refractivity contribution in [1.29, 1.82) is 0 Å². The third kappa shape index (κ3) is 4.16. The second-order valence-electron chi connectivity index (χ2n) is 6.89. The van der Waals surface area contributed by atoms with Crippen LogP contribution in [0.25, 0.3) is 21.9 Å². The number of carbonyl (C=O) groups is 1. The normalized spacial score (nSPS) is 11.0. The van der Waals surface area contributed by atoms with E-state index in [1.165, 1.54) is 0 Å². The number of rotatable bonds is 6. The van der Waals surface area contributed by atoms with E-state index in [4.69, 9.17) is 4.74 Å². The highest BCUT2D eigenvalue weighted by Gasteiger charge is 2.09. The number of benzene rings is 2. The third-order valence-corrected chi connectivity index (χ3v) is 4.80. The number of aromatic nitrogens is 3. The van der Waals surface area contributed by atoms with Gasteiger partial charge in [0.1, 0.15) is 11.3 Å². The fourth-order valence-corrected chi connectivity index (χ4v) is 3.12. The molecule has 0 saturated carbocycles. The lowest BCUT2D eigenvalue weighted by Gasteiger charge is -2.10. The molecular formula is C23H22N4O2. The Balaban J connectivity index is 1.32. The van der Waals surface area contributed by atoms with Crippen LogP contribution in [-0.2, 0) is 0 Å². The number of ether oxygens (including phenoxy) is 1. The molecule has 6 nitrogen and oxygen atoms in total. The van der Waals surface area contributed by atoms with Gasteiger partial charge in [-0.15, -0.1) is 0 Å². The predicted octanol–water partition coefficient (Wildman–Crippen LogP) is 3.99. The van der Waals surface area contributed by atoms with E-state index in [1.807, 2.05) is 50.2 Å². The quantitative estimate of drug-likeness (QED) is 0.507. The second kappa shape index (κ2) is 8.22. The lowest BCUT2D eigenvalue weighted by atomic mass is 10.1. The van der Waals surface area contributed by atoms with E-state index < -0.39 is 0 Å². The molecule has 4 aromatic rings. The van der Waals surface area contributed by atoms with Crippen LogP contribution in [0.1, 0.15) is 28.2 Å². The van der Waals surface area contributed by atoms with Crippen LogP contribution in [0.5, 0.6) is 5.75 Å². The van der Waals surface area contributed by atoms with Gasteiger partial charge in [-0.25, -0.2) is 9.97 Å². The first-order valence-electron chi connectivity index (χ1n) is 9.61. The first-order valence-corrected chi connectivity index (χ1v) is 9.61. The van der Waals surface area contributed by atoms with Gasteiger partial charge in [0.25, 0.3) is 5.91 Å². The molecule has 2 heterocycles. The molecule has 2 aromatic heterocycles. The van der Waals surface area contributed by atoms with Gasteiger partial charge in [-0.2, -0.15) is 0 Å². The number of pyridine rings is 1. The molecule has 0 atom stereocenters. The summed E-state index contributed by atoms with van der Waals surface area (Å²) in [6, 6.07) is 15.2. The molecule has 1 amide bonds. The Labute approximate surface area is 169 Å². The minimum Gasteiger partial charge on any atom is -0.491 e. The van der Waals surface area contributed by atoms with E-state index in [0.29, 0.717) is 25.1 Å². The van der Waals surface area contributed by atoms with Crippen molar-refractivity contribution >= 4 is 27.8 Å². The van der Waals surface area contributed by atoms with Crippen molar-refractivity contribution in [3.63, 3.8) is 0 Å². The van der Waals surface area contributed by atoms with Crippen molar-refractivity contribution in [2.75, 3.05) is 13.2 Å². The molecule has 0 unspecified atom stereocenters. The van der Waals surface area contributed by atoms with Gasteiger partial charge in [0.15, 0.2) is 0 Å². The summed E-state index contributed by atoms with van der Waals surface area (Å²) in [4.78, 5) is 25.8. The van der Waals surface area contributed by atoms with Crippen LogP contribution in [-0.4, -0.2) is 34.0 Å². The van der Waals surface area contributed by atoms with Gasteiger partial charge in [-0.1, -0.05) is 18.2 Å². The molecule has 4 rings (SSSR count). The highest BCUT2D eigenvalue weighted by atomic mass is 16.5. The van der Waals surface area contributed by atoms with Gasteiger partial charge in [-0.05, 0) is 50.6 Å². The van der Waals surface area contributed by atoms with Crippen LogP contribution in [0.3, 0.4) is 0 Å². The molecule has 6 heteroatoms. The van der Waals surface area contributed by atoms with Gasteiger partial charge >= 0.3 is 0 Å². The van der Waals surface area contributed by atoms with Crippen LogP contribution >= 0.6 is 0 Å². The Bertz CT molecular complexity index is 1180. The highest BCUT2D eigenvalue weighted by molar-refractivity contribution is 5.97. The Morgan fingerprint density at radius 2 is 1.79 bits per heavy atom. The van der Waals surface area contributed by atoms with Gasteiger partial charge < -0.3 is 10.1 Å². The summed E-state index contributed by atoms with van der Waals surface area (Å²) in [5.74, 6) is 0.631. The largest absolute Gasteiger partial charge is 0.491 e. The summed E-state index contributed by atoms with van der Waals surface area (Å²) < 4.78 is 5.86. The maximum Gasteiger partial charge on any atom is 0.251 e. The van der Waals surface area contributed by atoms with Crippen LogP contribution in [0.15, 0.2) is 54.7 Å². The smallest absolute Gasteiger partial charge is 0.251 e. The molecule has 0 saturated heterocycles. The van der Waals surface area contributed by atoms with Gasteiger partial charge in [-0.3, -0.25) is 9.78 Å². The maximum absolute atomic E-state index is 12.4. The summed E-state index contributed by atoms with van der Waals surface area (Å²) in [6.45, 7) is 4.87. The Morgan fingerprint density at radius 1 is 1.00 bits per heavy atom. The fraction of sp³-hybridized carbons (Fsp3) is 0.217. The monoisotopic (exact) mass is 386 g/mol. The minimum absolute atomic E-state index is 0.126. The van der Waals surface area contributed by atoms with E-state index in [9.17, 15) is 4.79 Å². The number of amides is 1. The van der Waals surface area contributed by atoms with E-state index in [-0.39, 0.29) is 5.91 Å². The number of nitrogens with one attached hydrogen (secondary N) is 1. The minimum atomic E-state index is -0.126. The lowest BCUT2D eigenvalue weighted by molar-refractivity contribution is 0.0951. The Kier molecular flexibility index (Phi) is 5.33. The van der Waals surface area contributed by atoms with Crippen molar-refractivity contribution in [2.24, 2.45) is 0 Å². The summed E-state index contributed by atoms with van der Waals surface area (Å²) >= 11 is 0. The molecule has 0 radical (unpaired) electrons. The summed E-state index contributed by atoms with van der Waals surface area (Å²) in [5.41, 5.74) is 4.72. The summed E-state index contributed by atoms with van der Waals surface area (Å²) in [6.07, 6.45) is 2.45. The van der Waals surface area contributed by atoms with Crippen molar-refractivity contribution in [3.8, 4) is 5.75 Å². The molecule has 0 aliphatic carbocycles. The topological polar surface area (TPSA) is 77.0 Å². The number of carbonyl (C=O) groups excluding carboxylic acids is 1. The first-order chi connectivity index (χ1) is 14.1. The Hall–Kier alpha value is -3.54. The molecule has 0 bridgehead atoms. The molecule has 2 aromatic carbocycles. The van der Waals surface area contributed by atoms with Crippen LogP contribution in [0.2, 0.25) is 0 Å². The van der Waals surface area contributed by atoms with Crippen molar-refractivity contribution < 1.29 is 9.53 Å². The number of fused-ring (bicyclic) bond motifs is 2. The van der Waals surface area contributed by atoms with Gasteiger partial charge in [0.05, 0.1) is 29.0 Å². The van der Waals surface area contributed by atoms with Crippen molar-refractivity contribution in [2.45, 2.75) is 20.3 Å². The Morgan fingerprint density at radius 3 is 2.66 bits per heavy atom. The molecule has 0 fully saturated rings. The van der Waals surface area contributed by atoms with Gasteiger partial charge in [0.2, 0.25) is 0 Å². The maximum atomic E-state index is 12.4. The van der Waals surface area contributed by atoms with Crippen molar-refractivity contribution in [3.05, 3.63) is 71.7 Å². The summed E-state index contributed by atoms with van der Waals surface area (Å²) in [5, 5.41) is 3.97. The standard InChI is InChI=1S/C23H22N4O2/c1-15-16(2)27-20-14-18(9-10-19(20)26-15)23(28)25-12-5-13-29-21-8-3-6-17-7-4-11-24-22(17)21/h3-4,6-11,14H,5,12-13H2,1-2H3,(H,25,28). The van der Waals surface area contributed by atoms with Crippen molar-refractivity contribution in [1.82, 2.24) is 20.3 Å². The zero-order chi connectivity index (χ0) is 20.2. The van der Waals surface area contributed by atoms with Gasteiger partial charge in [0, 0.05) is 23.7 Å². The molecular weight excluding hydrogens is 364 g/mol. The fourth-order valence-electron chi connectivity index (χ4n) is 3.12. The summed E-state index contributed by atoms with van der Waals surface area (Å²) in [7, 11) is 0. The zero-order valence-corrected chi connectivity index (χ0v) is 16.5. The number of nitrogens with zero attached hydrogens (tertiary/aromatic N) is 3. The van der Waals surface area contributed by atoms with Crippen LogP contribution in [0, 0.1) is 13.8 Å². The number of aryl methyl sites for hydroxylation is 2. The molecule has 0 aliphatic heterocycles. The highest BCUT2D eigenvalue weighted by Crippen LogP contribution is 2.22. The predicted molar refractivity (Wildman–Crippen MR) is 113 cm³/mol. The lowest BCUT2D eigenvalue weighted by Crippen LogP contribution is -2.25. The molecule has 1 N–H and O–H groups in total. The molecule has 29 heavy (non-hydrogen) atoms.